The van der Waals surface area contributed by atoms with Gasteiger partial charge in [0.05, 0.1) is 0 Å². The first-order valence-corrected chi connectivity index (χ1v) is 7.86. The molecule has 114 valence electrons. The van der Waals surface area contributed by atoms with Crippen molar-refractivity contribution in [3.05, 3.63) is 76.4 Å². The van der Waals surface area contributed by atoms with Gasteiger partial charge in [-0.05, 0) is 45.8 Å². The van der Waals surface area contributed by atoms with E-state index in [1.807, 2.05) is 7.11 Å². The van der Waals surface area contributed by atoms with Crippen molar-refractivity contribution >= 4 is 5.57 Å². The summed E-state index contributed by atoms with van der Waals surface area (Å²) in [4.78, 5) is 0. The molecule has 0 saturated carbocycles. The molecule has 0 radical (unpaired) electrons. The van der Waals surface area contributed by atoms with Crippen molar-refractivity contribution in [2.75, 3.05) is 7.11 Å². The average Bonchev–Trinajstić information content (AvgIpc) is 2.85. The highest BCUT2D eigenvalue weighted by molar-refractivity contribution is 5.85. The predicted octanol–water partition coefficient (Wildman–Crippen LogP) is 5.33. The van der Waals surface area contributed by atoms with Gasteiger partial charge in [-0.2, -0.15) is 0 Å². The highest BCUT2D eigenvalue weighted by Crippen LogP contribution is 2.45. The second kappa shape index (κ2) is 5.40. The van der Waals surface area contributed by atoms with Gasteiger partial charge in [0.15, 0.2) is 0 Å². The minimum Gasteiger partial charge on any atom is -0.372 e. The van der Waals surface area contributed by atoms with Crippen molar-refractivity contribution < 1.29 is 4.74 Å². The Bertz CT molecular complexity index is 706. The van der Waals surface area contributed by atoms with Gasteiger partial charge in [-0.3, -0.25) is 0 Å². The number of hydrogen-bond donors (Lipinski definition) is 0. The molecule has 0 saturated heterocycles. The second-order valence-electron chi connectivity index (χ2n) is 7.15. The van der Waals surface area contributed by atoms with Crippen LogP contribution < -0.4 is 0 Å². The third-order valence-electron chi connectivity index (χ3n) is 4.40. The number of fused-ring (bicyclic) bond motifs is 1. The van der Waals surface area contributed by atoms with Crippen molar-refractivity contribution in [3.8, 4) is 0 Å². The lowest BCUT2D eigenvalue weighted by atomic mass is 9.73. The molecule has 1 aromatic carbocycles. The van der Waals surface area contributed by atoms with E-state index in [4.69, 9.17) is 4.74 Å². The number of ether oxygens (including phenoxy) is 1. The Balaban J connectivity index is 2.24. The predicted molar refractivity (Wildman–Crippen MR) is 93.5 cm³/mol. The summed E-state index contributed by atoms with van der Waals surface area (Å²) < 4.78 is 5.96. The maximum absolute atomic E-state index is 5.96. The van der Waals surface area contributed by atoms with Gasteiger partial charge in [0.1, 0.15) is 6.10 Å². The maximum atomic E-state index is 5.96. The molecule has 1 aromatic rings. The molecule has 2 aliphatic carbocycles. The molecule has 1 atom stereocenters. The Morgan fingerprint density at radius 3 is 2.23 bits per heavy atom. The summed E-state index contributed by atoms with van der Waals surface area (Å²) in [6, 6.07) is 10.6. The van der Waals surface area contributed by atoms with Crippen LogP contribution in [0.2, 0.25) is 0 Å². The number of hydrogen-bond acceptors (Lipinski definition) is 1. The molecule has 0 amide bonds. The van der Waals surface area contributed by atoms with E-state index in [0.29, 0.717) is 0 Å². The molecule has 0 aromatic heterocycles. The van der Waals surface area contributed by atoms with Crippen LogP contribution in [-0.2, 0) is 4.74 Å². The van der Waals surface area contributed by atoms with Gasteiger partial charge < -0.3 is 4.74 Å². The fraction of sp³-hybridized carbons (Fsp3) is 0.333. The highest BCUT2D eigenvalue weighted by atomic mass is 16.5. The van der Waals surface area contributed by atoms with E-state index in [0.717, 1.165) is 0 Å². The van der Waals surface area contributed by atoms with Crippen molar-refractivity contribution in [1.29, 1.82) is 0 Å². The molecule has 0 N–H and O–H groups in total. The molecule has 0 heterocycles. The quantitative estimate of drug-likeness (QED) is 0.716. The molecule has 0 fully saturated rings. The van der Waals surface area contributed by atoms with Crippen LogP contribution in [0.1, 0.15) is 33.3 Å². The summed E-state index contributed by atoms with van der Waals surface area (Å²) in [5, 5.41) is 0. The smallest absolute Gasteiger partial charge is 0.105 e. The van der Waals surface area contributed by atoms with Crippen molar-refractivity contribution in [1.82, 2.24) is 0 Å². The molecule has 0 aliphatic heterocycles. The minimum atomic E-state index is 0.0108. The van der Waals surface area contributed by atoms with Gasteiger partial charge in [-0.1, -0.05) is 69.3 Å². The molecule has 0 bridgehead atoms. The zero-order chi connectivity index (χ0) is 15.9. The van der Waals surface area contributed by atoms with Crippen molar-refractivity contribution in [2.45, 2.75) is 33.8 Å². The van der Waals surface area contributed by atoms with E-state index in [9.17, 15) is 0 Å². The molecule has 1 heteroatoms. The van der Waals surface area contributed by atoms with Gasteiger partial charge >= 0.3 is 0 Å². The van der Waals surface area contributed by atoms with E-state index in [2.05, 4.69) is 76.3 Å². The molecule has 22 heavy (non-hydrogen) atoms. The first-order chi connectivity index (χ1) is 10.4. The number of methoxy groups -OCH3 is 1. The monoisotopic (exact) mass is 292 g/mol. The summed E-state index contributed by atoms with van der Waals surface area (Å²) in [5.74, 6) is 0. The first-order valence-electron chi connectivity index (χ1n) is 7.86. The van der Waals surface area contributed by atoms with Gasteiger partial charge in [0, 0.05) is 7.11 Å². The molecule has 2 aliphatic rings. The maximum Gasteiger partial charge on any atom is 0.105 e. The molecule has 0 spiro atoms. The van der Waals surface area contributed by atoms with Gasteiger partial charge in [0.25, 0.3) is 0 Å². The van der Waals surface area contributed by atoms with Crippen molar-refractivity contribution in [2.24, 2.45) is 5.41 Å². The standard InChI is InChI=1S/C21H24O/c1-14-11-16-13-18(21(2,3)4)20(22-5)19(17(16)12-14)15-9-7-6-8-10-15/h6-13,20H,1-5H3. The Morgan fingerprint density at radius 1 is 0.955 bits per heavy atom. The number of allylic oxidation sites excluding steroid dienone is 6. The topological polar surface area (TPSA) is 9.23 Å². The fourth-order valence-electron chi connectivity index (χ4n) is 3.35. The number of benzene rings is 1. The molecule has 3 rings (SSSR count). The summed E-state index contributed by atoms with van der Waals surface area (Å²) in [6.07, 6.45) is 6.88. The normalized spacial score (nSPS) is 21.3. The Kier molecular flexibility index (Phi) is 3.70. The first kappa shape index (κ1) is 15.1. The highest BCUT2D eigenvalue weighted by Gasteiger charge is 2.35. The number of rotatable bonds is 2. The molecule has 1 nitrogen and oxygen atoms in total. The summed E-state index contributed by atoms with van der Waals surface area (Å²) >= 11 is 0. The van der Waals surface area contributed by atoms with E-state index in [-0.39, 0.29) is 11.5 Å². The lowest BCUT2D eigenvalue weighted by molar-refractivity contribution is 0.157. The third-order valence-corrected chi connectivity index (χ3v) is 4.40. The second-order valence-corrected chi connectivity index (χ2v) is 7.15. The molecule has 1 unspecified atom stereocenters. The Hall–Kier alpha value is -1.86. The van der Waals surface area contributed by atoms with Gasteiger partial charge in [-0.15, -0.1) is 0 Å². The molecular weight excluding hydrogens is 268 g/mol. The fourth-order valence-corrected chi connectivity index (χ4v) is 3.35. The van der Waals surface area contributed by atoms with Gasteiger partial charge in [-0.25, -0.2) is 0 Å². The summed E-state index contributed by atoms with van der Waals surface area (Å²) in [5.41, 5.74) is 7.88. The lowest BCUT2D eigenvalue weighted by Gasteiger charge is -2.35. The van der Waals surface area contributed by atoms with E-state index < -0.39 is 0 Å². The van der Waals surface area contributed by atoms with Crippen LogP contribution in [0.5, 0.6) is 0 Å². The van der Waals surface area contributed by atoms with Crippen LogP contribution in [0.4, 0.5) is 0 Å². The van der Waals surface area contributed by atoms with Crippen LogP contribution >= 0.6 is 0 Å². The van der Waals surface area contributed by atoms with Crippen LogP contribution in [0.15, 0.2) is 70.9 Å². The average molecular weight is 292 g/mol. The van der Waals surface area contributed by atoms with E-state index in [1.165, 1.54) is 33.4 Å². The minimum absolute atomic E-state index is 0.0108. The van der Waals surface area contributed by atoms with E-state index in [1.54, 1.807) is 0 Å². The van der Waals surface area contributed by atoms with Crippen LogP contribution in [-0.4, -0.2) is 13.2 Å². The summed E-state index contributed by atoms with van der Waals surface area (Å²) in [6.45, 7) is 8.93. The van der Waals surface area contributed by atoms with E-state index >= 15 is 0 Å². The zero-order valence-corrected chi connectivity index (χ0v) is 14.1. The van der Waals surface area contributed by atoms with Crippen LogP contribution in [0.25, 0.3) is 5.57 Å². The Labute approximate surface area is 133 Å². The van der Waals surface area contributed by atoms with Crippen LogP contribution in [0.3, 0.4) is 0 Å². The van der Waals surface area contributed by atoms with Crippen molar-refractivity contribution in [3.63, 3.8) is 0 Å². The third kappa shape index (κ3) is 2.50. The largest absolute Gasteiger partial charge is 0.372 e. The zero-order valence-electron chi connectivity index (χ0n) is 14.1. The van der Waals surface area contributed by atoms with Crippen LogP contribution in [0, 0.1) is 5.41 Å². The summed E-state index contributed by atoms with van der Waals surface area (Å²) in [7, 11) is 1.81. The van der Waals surface area contributed by atoms with Gasteiger partial charge in [0.2, 0.25) is 0 Å². The lowest BCUT2D eigenvalue weighted by Crippen LogP contribution is -2.28. The molecular formula is C21H24O. The Morgan fingerprint density at radius 2 is 1.64 bits per heavy atom. The SMILES string of the molecule is COC1C(C(C)(C)C)=CC2=CC(C)=CC2=C1c1ccccc1.